The van der Waals surface area contributed by atoms with Crippen molar-refractivity contribution in [3.8, 4) is 0 Å². The number of rotatable bonds is 5. The van der Waals surface area contributed by atoms with Crippen LogP contribution in [0.4, 0.5) is 11.4 Å². The first-order chi connectivity index (χ1) is 14.6. The van der Waals surface area contributed by atoms with E-state index in [9.17, 15) is 9.59 Å². The zero-order valence-corrected chi connectivity index (χ0v) is 18.0. The average Bonchev–Trinajstić information content (AvgIpc) is 3.15. The smallest absolute Gasteiger partial charge is 0.257 e. The summed E-state index contributed by atoms with van der Waals surface area (Å²) in [5, 5.41) is 3.21. The molecule has 1 heterocycles. The minimum absolute atomic E-state index is 0.0847. The molecular weight excluding hydrogens is 416 g/mol. The number of amides is 2. The Kier molecular flexibility index (Phi) is 6.11. The molecule has 2 amide bonds. The summed E-state index contributed by atoms with van der Waals surface area (Å²) in [4.78, 5) is 27.0. The number of benzene rings is 3. The molecule has 1 aliphatic rings. The molecule has 4 rings (SSSR count). The third kappa shape index (κ3) is 4.09. The molecule has 0 aliphatic carbocycles. The van der Waals surface area contributed by atoms with Crippen LogP contribution in [-0.2, 0) is 11.2 Å². The van der Waals surface area contributed by atoms with E-state index in [-0.39, 0.29) is 17.2 Å². The molecule has 1 atom stereocenters. The van der Waals surface area contributed by atoms with Crippen molar-refractivity contribution in [3.05, 3.63) is 94.5 Å². The molecule has 1 N–H and O–H groups in total. The van der Waals surface area contributed by atoms with Crippen molar-refractivity contribution in [3.63, 3.8) is 0 Å². The quantitative estimate of drug-likeness (QED) is 0.539. The fourth-order valence-corrected chi connectivity index (χ4v) is 4.94. The third-order valence-electron chi connectivity index (χ3n) is 5.07. The van der Waals surface area contributed by atoms with Gasteiger partial charge in [-0.05, 0) is 47.9 Å². The van der Waals surface area contributed by atoms with Gasteiger partial charge in [0.25, 0.3) is 5.91 Å². The minimum atomic E-state index is -0.253. The van der Waals surface area contributed by atoms with Gasteiger partial charge in [0.2, 0.25) is 5.91 Å². The van der Waals surface area contributed by atoms with E-state index in [1.165, 1.54) is 0 Å². The number of halogens is 1. The predicted octanol–water partition coefficient (Wildman–Crippen LogP) is 5.93. The van der Waals surface area contributed by atoms with Gasteiger partial charge >= 0.3 is 0 Å². The molecule has 30 heavy (non-hydrogen) atoms. The third-order valence-corrected chi connectivity index (χ3v) is 6.61. The Morgan fingerprint density at radius 2 is 1.77 bits per heavy atom. The Balaban J connectivity index is 1.55. The Morgan fingerprint density at radius 1 is 1.07 bits per heavy atom. The van der Waals surface area contributed by atoms with Gasteiger partial charge < -0.3 is 5.32 Å². The van der Waals surface area contributed by atoms with Gasteiger partial charge in [0.15, 0.2) is 0 Å². The number of hydrogen-bond donors (Lipinski definition) is 1. The highest BCUT2D eigenvalue weighted by Gasteiger charge is 2.34. The molecule has 152 valence electrons. The molecule has 1 unspecified atom stereocenters. The first kappa shape index (κ1) is 20.5. The van der Waals surface area contributed by atoms with E-state index in [0.29, 0.717) is 22.0 Å². The molecule has 0 bridgehead atoms. The topological polar surface area (TPSA) is 49.4 Å². The number of hydrogen-bond acceptors (Lipinski definition) is 3. The highest BCUT2D eigenvalue weighted by Crippen LogP contribution is 2.43. The van der Waals surface area contributed by atoms with E-state index in [4.69, 9.17) is 11.6 Å². The first-order valence-corrected chi connectivity index (χ1v) is 11.2. The second-order valence-electron chi connectivity index (χ2n) is 6.97. The molecule has 6 heteroatoms. The number of thioether (sulfide) groups is 1. The molecule has 0 spiro atoms. The molecule has 4 nitrogen and oxygen atoms in total. The highest BCUT2D eigenvalue weighted by atomic mass is 35.5. The van der Waals surface area contributed by atoms with E-state index in [2.05, 4.69) is 18.3 Å². The number of anilines is 2. The van der Waals surface area contributed by atoms with Crippen LogP contribution in [0.5, 0.6) is 0 Å². The lowest BCUT2D eigenvalue weighted by Gasteiger charge is -2.26. The molecule has 1 fully saturated rings. The normalized spacial score (nSPS) is 16.0. The highest BCUT2D eigenvalue weighted by molar-refractivity contribution is 8.00. The number of carbonyl (C=O) groups is 2. The SMILES string of the molecule is CCc1ccccc1N1C(=O)CSC1c1ccc(NC(=O)c2ccccc2Cl)cc1. The van der Waals surface area contributed by atoms with Crippen LogP contribution in [0.1, 0.15) is 33.8 Å². The van der Waals surface area contributed by atoms with Gasteiger partial charge in [0.05, 0.1) is 16.3 Å². The minimum Gasteiger partial charge on any atom is -0.322 e. The molecule has 1 aliphatic heterocycles. The standard InChI is InChI=1S/C24H21ClN2O2S/c1-2-16-7-3-6-10-21(16)27-22(28)15-30-24(27)17-11-13-18(14-12-17)26-23(29)19-8-4-5-9-20(19)25/h3-14,24H,2,15H2,1H3,(H,26,29). The van der Waals surface area contributed by atoms with Crippen LogP contribution in [0.15, 0.2) is 72.8 Å². The van der Waals surface area contributed by atoms with Crippen molar-refractivity contribution in [1.29, 1.82) is 0 Å². The summed E-state index contributed by atoms with van der Waals surface area (Å²) in [6.45, 7) is 2.10. The number of carbonyl (C=O) groups excluding carboxylic acids is 2. The Labute approximate surface area is 185 Å². The molecule has 0 saturated carbocycles. The molecule has 3 aromatic rings. The maximum Gasteiger partial charge on any atom is 0.257 e. The second-order valence-corrected chi connectivity index (χ2v) is 8.44. The molecule has 1 saturated heterocycles. The monoisotopic (exact) mass is 436 g/mol. The molecular formula is C24H21ClN2O2S. The summed E-state index contributed by atoms with van der Waals surface area (Å²) in [6, 6.07) is 22.6. The number of para-hydroxylation sites is 1. The summed E-state index contributed by atoms with van der Waals surface area (Å²) < 4.78 is 0. The number of aryl methyl sites for hydroxylation is 1. The van der Waals surface area contributed by atoms with E-state index in [1.54, 1.807) is 36.0 Å². The number of nitrogens with zero attached hydrogens (tertiary/aromatic N) is 1. The molecule has 0 radical (unpaired) electrons. The maximum atomic E-state index is 12.7. The lowest BCUT2D eigenvalue weighted by atomic mass is 10.1. The van der Waals surface area contributed by atoms with Crippen LogP contribution in [-0.4, -0.2) is 17.6 Å². The van der Waals surface area contributed by atoms with Gasteiger partial charge in [-0.2, -0.15) is 0 Å². The van der Waals surface area contributed by atoms with Gasteiger partial charge in [-0.3, -0.25) is 14.5 Å². The van der Waals surface area contributed by atoms with Gasteiger partial charge in [0, 0.05) is 11.4 Å². The van der Waals surface area contributed by atoms with Crippen molar-refractivity contribution in [2.45, 2.75) is 18.7 Å². The van der Waals surface area contributed by atoms with E-state index in [0.717, 1.165) is 23.2 Å². The largest absolute Gasteiger partial charge is 0.322 e. The fraction of sp³-hybridized carbons (Fsp3) is 0.167. The Morgan fingerprint density at radius 3 is 2.50 bits per heavy atom. The fourth-order valence-electron chi connectivity index (χ4n) is 3.55. The van der Waals surface area contributed by atoms with Crippen molar-refractivity contribution >= 4 is 46.6 Å². The van der Waals surface area contributed by atoms with Gasteiger partial charge in [-0.1, -0.05) is 61.0 Å². The lowest BCUT2D eigenvalue weighted by Crippen LogP contribution is -2.28. The summed E-state index contributed by atoms with van der Waals surface area (Å²) in [5.41, 5.74) is 4.26. The first-order valence-electron chi connectivity index (χ1n) is 9.76. The van der Waals surface area contributed by atoms with Gasteiger partial charge in [-0.25, -0.2) is 0 Å². The summed E-state index contributed by atoms with van der Waals surface area (Å²) >= 11 is 7.72. The van der Waals surface area contributed by atoms with Crippen LogP contribution in [0.2, 0.25) is 5.02 Å². The molecule has 3 aromatic carbocycles. The van der Waals surface area contributed by atoms with Crippen molar-refractivity contribution < 1.29 is 9.59 Å². The zero-order chi connectivity index (χ0) is 21.1. The van der Waals surface area contributed by atoms with E-state index < -0.39 is 0 Å². The predicted molar refractivity (Wildman–Crippen MR) is 124 cm³/mol. The van der Waals surface area contributed by atoms with E-state index in [1.807, 2.05) is 47.4 Å². The zero-order valence-electron chi connectivity index (χ0n) is 16.5. The summed E-state index contributed by atoms with van der Waals surface area (Å²) in [6.07, 6.45) is 0.865. The molecule has 0 aromatic heterocycles. The Bertz CT molecular complexity index is 1080. The van der Waals surface area contributed by atoms with Crippen LogP contribution in [0.3, 0.4) is 0 Å². The Hall–Kier alpha value is -2.76. The second kappa shape index (κ2) is 8.94. The maximum absolute atomic E-state index is 12.7. The number of nitrogens with one attached hydrogen (secondary N) is 1. The van der Waals surface area contributed by atoms with Gasteiger partial charge in [0.1, 0.15) is 5.37 Å². The average molecular weight is 437 g/mol. The van der Waals surface area contributed by atoms with Crippen molar-refractivity contribution in [1.82, 2.24) is 0 Å². The van der Waals surface area contributed by atoms with Crippen molar-refractivity contribution in [2.75, 3.05) is 16.0 Å². The lowest BCUT2D eigenvalue weighted by molar-refractivity contribution is -0.115. The van der Waals surface area contributed by atoms with E-state index >= 15 is 0 Å². The summed E-state index contributed by atoms with van der Waals surface area (Å²) in [7, 11) is 0. The van der Waals surface area contributed by atoms with Gasteiger partial charge in [-0.15, -0.1) is 11.8 Å². The van der Waals surface area contributed by atoms with Crippen LogP contribution in [0.25, 0.3) is 0 Å². The van der Waals surface area contributed by atoms with Crippen LogP contribution >= 0.6 is 23.4 Å². The summed E-state index contributed by atoms with van der Waals surface area (Å²) in [5.74, 6) is 0.313. The van der Waals surface area contributed by atoms with Crippen LogP contribution < -0.4 is 10.2 Å². The van der Waals surface area contributed by atoms with Crippen LogP contribution in [0, 0.1) is 0 Å². The van der Waals surface area contributed by atoms with Crippen molar-refractivity contribution in [2.24, 2.45) is 0 Å².